The van der Waals surface area contributed by atoms with E-state index in [1.807, 2.05) is 0 Å². The summed E-state index contributed by atoms with van der Waals surface area (Å²) in [6, 6.07) is 3.02. The van der Waals surface area contributed by atoms with Gasteiger partial charge in [-0.2, -0.15) is 0 Å². The van der Waals surface area contributed by atoms with Gasteiger partial charge in [0.1, 0.15) is 10.3 Å². The van der Waals surface area contributed by atoms with Gasteiger partial charge >= 0.3 is 5.97 Å². The lowest BCUT2D eigenvalue weighted by Crippen LogP contribution is -2.01. The number of carboxylic acid groups (broad SMARTS) is 1. The van der Waals surface area contributed by atoms with E-state index >= 15 is 0 Å². The van der Waals surface area contributed by atoms with Crippen molar-refractivity contribution in [2.24, 2.45) is 0 Å². The first kappa shape index (κ1) is 9.85. The van der Waals surface area contributed by atoms with Gasteiger partial charge in [-0.05, 0) is 33.6 Å². The number of rotatable bonds is 3. The van der Waals surface area contributed by atoms with Crippen LogP contribution in [-0.4, -0.2) is 22.3 Å². The molecule has 68 valence electrons. The third-order valence-corrected chi connectivity index (χ3v) is 1.76. The molecule has 0 aliphatic carbocycles. The summed E-state index contributed by atoms with van der Waals surface area (Å²) in [6.07, 6.45) is 0.470. The normalized spacial score (nSPS) is 9.62. The van der Waals surface area contributed by atoms with Gasteiger partial charge in [-0.1, -0.05) is 0 Å². The van der Waals surface area contributed by atoms with Gasteiger partial charge in [-0.15, -0.1) is 0 Å². The minimum Gasteiger partial charge on any atom is -0.481 e. The van der Waals surface area contributed by atoms with E-state index in [0.29, 0.717) is 16.5 Å². The fraction of sp³-hybridized carbons (Fsp3) is 0.125. The molecule has 4 nitrogen and oxygen atoms in total. The first-order valence-corrected chi connectivity index (χ1v) is 4.24. The quantitative estimate of drug-likeness (QED) is 0.642. The van der Waals surface area contributed by atoms with Crippen LogP contribution in [0.5, 0.6) is 0 Å². The highest BCUT2D eigenvalue weighted by Gasteiger charge is 2.04. The van der Waals surface area contributed by atoms with Crippen LogP contribution in [0, 0.1) is 0 Å². The topological polar surface area (TPSA) is 67.3 Å². The average molecular weight is 244 g/mol. The lowest BCUT2D eigenvalue weighted by molar-refractivity contribution is -0.136. The summed E-state index contributed by atoms with van der Waals surface area (Å²) in [5.41, 5.74) is 0.780. The van der Waals surface area contributed by atoms with Gasteiger partial charge in [-0.25, -0.2) is 4.98 Å². The maximum atomic E-state index is 10.4. The lowest BCUT2D eigenvalue weighted by Gasteiger charge is -1.98. The number of halogens is 1. The minimum atomic E-state index is -0.935. The van der Waals surface area contributed by atoms with Crippen LogP contribution < -0.4 is 0 Å². The van der Waals surface area contributed by atoms with Crippen molar-refractivity contribution in [2.45, 2.75) is 6.42 Å². The second-order valence-electron chi connectivity index (χ2n) is 2.41. The van der Waals surface area contributed by atoms with Crippen molar-refractivity contribution in [1.29, 1.82) is 0 Å². The number of aromatic nitrogens is 1. The van der Waals surface area contributed by atoms with Gasteiger partial charge in [0.15, 0.2) is 6.29 Å². The first-order valence-electron chi connectivity index (χ1n) is 3.45. The highest BCUT2D eigenvalue weighted by Crippen LogP contribution is 2.11. The summed E-state index contributed by atoms with van der Waals surface area (Å²) in [5, 5.41) is 8.50. The van der Waals surface area contributed by atoms with E-state index in [0.717, 1.165) is 0 Å². The molecule has 0 aliphatic heterocycles. The Morgan fingerprint density at radius 3 is 2.85 bits per heavy atom. The number of carbonyl (C=O) groups excluding carboxylic acids is 1. The molecule has 0 fully saturated rings. The van der Waals surface area contributed by atoms with Crippen molar-refractivity contribution < 1.29 is 14.7 Å². The van der Waals surface area contributed by atoms with Crippen molar-refractivity contribution in [1.82, 2.24) is 4.98 Å². The fourth-order valence-corrected chi connectivity index (χ4v) is 1.41. The van der Waals surface area contributed by atoms with Gasteiger partial charge in [0.05, 0.1) is 6.42 Å². The van der Waals surface area contributed by atoms with Crippen LogP contribution in [0.25, 0.3) is 0 Å². The first-order chi connectivity index (χ1) is 6.11. The van der Waals surface area contributed by atoms with E-state index in [4.69, 9.17) is 5.11 Å². The van der Waals surface area contributed by atoms with Crippen LogP contribution in [0.2, 0.25) is 0 Å². The molecule has 0 radical (unpaired) electrons. The van der Waals surface area contributed by atoms with Crippen molar-refractivity contribution in [3.8, 4) is 0 Å². The minimum absolute atomic E-state index is 0.109. The smallest absolute Gasteiger partial charge is 0.307 e. The van der Waals surface area contributed by atoms with Crippen LogP contribution in [-0.2, 0) is 11.2 Å². The van der Waals surface area contributed by atoms with E-state index in [1.165, 1.54) is 6.07 Å². The molecule has 1 aromatic heterocycles. The molecule has 1 rings (SSSR count). The summed E-state index contributed by atoms with van der Waals surface area (Å²) >= 11 is 3.08. The zero-order valence-corrected chi connectivity index (χ0v) is 8.11. The third-order valence-electron chi connectivity index (χ3n) is 1.35. The van der Waals surface area contributed by atoms with Gasteiger partial charge in [-0.3, -0.25) is 9.59 Å². The molecule has 0 aromatic carbocycles. The summed E-state index contributed by atoms with van der Waals surface area (Å²) < 4.78 is 0.466. The van der Waals surface area contributed by atoms with Gasteiger partial charge < -0.3 is 5.11 Å². The number of aliphatic carboxylic acids is 1. The maximum absolute atomic E-state index is 10.4. The summed E-state index contributed by atoms with van der Waals surface area (Å²) in [6.45, 7) is 0. The Balaban J connectivity index is 3.01. The molecule has 0 spiro atoms. The molecule has 1 aromatic rings. The second kappa shape index (κ2) is 4.13. The lowest BCUT2D eigenvalue weighted by atomic mass is 10.2. The molecule has 0 atom stereocenters. The van der Waals surface area contributed by atoms with Gasteiger partial charge in [0.2, 0.25) is 0 Å². The predicted octanol–water partition coefficient (Wildman–Crippen LogP) is 1.28. The summed E-state index contributed by atoms with van der Waals surface area (Å²) in [4.78, 5) is 24.5. The standard InChI is InChI=1S/C8H6BrNO3/c9-7-2-5(3-8(12)13)1-6(4-11)10-7/h1-2,4H,3H2,(H,12,13). The summed E-state index contributed by atoms with van der Waals surface area (Å²) in [7, 11) is 0. The second-order valence-corrected chi connectivity index (χ2v) is 3.22. The number of nitrogens with zero attached hydrogens (tertiary/aromatic N) is 1. The van der Waals surface area contributed by atoms with Crippen molar-refractivity contribution in [3.63, 3.8) is 0 Å². The average Bonchev–Trinajstić information content (AvgIpc) is 2.01. The summed E-state index contributed by atoms with van der Waals surface area (Å²) in [5.74, 6) is -0.935. The number of hydrogen-bond acceptors (Lipinski definition) is 3. The third kappa shape index (κ3) is 2.95. The Morgan fingerprint density at radius 1 is 1.62 bits per heavy atom. The molecule has 0 unspecified atom stereocenters. The SMILES string of the molecule is O=Cc1cc(CC(=O)O)cc(Br)n1. The highest BCUT2D eigenvalue weighted by molar-refractivity contribution is 9.10. The molecule has 5 heteroatoms. The Labute approximate surface area is 82.7 Å². The Hall–Kier alpha value is -1.23. The molecule has 0 saturated carbocycles. The van der Waals surface area contributed by atoms with Crippen LogP contribution >= 0.6 is 15.9 Å². The molecule has 0 saturated heterocycles. The number of pyridine rings is 1. The molecular formula is C8H6BrNO3. The Morgan fingerprint density at radius 2 is 2.31 bits per heavy atom. The number of aldehydes is 1. The van der Waals surface area contributed by atoms with E-state index < -0.39 is 5.97 Å². The predicted molar refractivity (Wildman–Crippen MR) is 48.7 cm³/mol. The van der Waals surface area contributed by atoms with Crippen LogP contribution in [0.4, 0.5) is 0 Å². The molecular weight excluding hydrogens is 238 g/mol. The van der Waals surface area contributed by atoms with E-state index in [9.17, 15) is 9.59 Å². The van der Waals surface area contributed by atoms with E-state index in [1.54, 1.807) is 6.07 Å². The Kier molecular flexibility index (Phi) is 3.13. The van der Waals surface area contributed by atoms with Gasteiger partial charge in [0.25, 0.3) is 0 Å². The van der Waals surface area contributed by atoms with Crippen molar-refractivity contribution in [3.05, 3.63) is 28.0 Å². The zero-order chi connectivity index (χ0) is 9.84. The fourth-order valence-electron chi connectivity index (χ4n) is 0.910. The molecule has 0 amide bonds. The molecule has 0 bridgehead atoms. The van der Waals surface area contributed by atoms with Crippen molar-refractivity contribution in [2.75, 3.05) is 0 Å². The van der Waals surface area contributed by atoms with Crippen LogP contribution in [0.3, 0.4) is 0 Å². The van der Waals surface area contributed by atoms with Gasteiger partial charge in [0, 0.05) is 0 Å². The van der Waals surface area contributed by atoms with Crippen LogP contribution in [0.1, 0.15) is 16.1 Å². The molecule has 0 aliphatic rings. The number of hydrogen-bond donors (Lipinski definition) is 1. The monoisotopic (exact) mass is 243 g/mol. The maximum Gasteiger partial charge on any atom is 0.307 e. The Bertz CT molecular complexity index is 351. The van der Waals surface area contributed by atoms with E-state index in [-0.39, 0.29) is 12.1 Å². The molecule has 1 N–H and O–H groups in total. The number of carboxylic acids is 1. The molecule has 13 heavy (non-hydrogen) atoms. The largest absolute Gasteiger partial charge is 0.481 e. The van der Waals surface area contributed by atoms with Crippen LogP contribution in [0.15, 0.2) is 16.7 Å². The number of carbonyl (C=O) groups is 2. The highest BCUT2D eigenvalue weighted by atomic mass is 79.9. The molecule has 1 heterocycles. The zero-order valence-electron chi connectivity index (χ0n) is 6.53. The van der Waals surface area contributed by atoms with Crippen molar-refractivity contribution >= 4 is 28.2 Å². The van der Waals surface area contributed by atoms with E-state index in [2.05, 4.69) is 20.9 Å².